The van der Waals surface area contributed by atoms with Crippen LogP contribution in [0.3, 0.4) is 0 Å². The highest BCUT2D eigenvalue weighted by Gasteiger charge is 2.24. The minimum atomic E-state index is -1.16. The van der Waals surface area contributed by atoms with Gasteiger partial charge >= 0.3 is 11.6 Å². The predicted octanol–water partition coefficient (Wildman–Crippen LogP) is 3.40. The second-order valence-corrected chi connectivity index (χ2v) is 8.93. The Hall–Kier alpha value is -4.40. The molecule has 3 N–H and O–H groups in total. The van der Waals surface area contributed by atoms with E-state index < -0.39 is 36.0 Å². The molecule has 0 saturated heterocycles. The maximum atomic E-state index is 12.7. The summed E-state index contributed by atoms with van der Waals surface area (Å²) >= 11 is 0. The zero-order valence-electron chi connectivity index (χ0n) is 20.1. The standard InChI is InChI=1S/C27H26N2O7/c1-14(2)25(26(32)33)29-24(31)12-28-23(30)10-18-15(3)17-9-19-20(16-7-5-4-6-8-16)13-35-21(19)11-22(17)36-27(18)34/h4-9,11,13-14,25H,10,12H2,1-3H3,(H,28,30)(H,29,31)(H,32,33)/t25-/m0/s1. The van der Waals surface area contributed by atoms with E-state index >= 15 is 0 Å². The first-order valence-corrected chi connectivity index (χ1v) is 11.5. The van der Waals surface area contributed by atoms with Crippen LogP contribution in [0.25, 0.3) is 33.1 Å². The highest BCUT2D eigenvalue weighted by atomic mass is 16.4. The van der Waals surface area contributed by atoms with E-state index in [1.54, 1.807) is 33.1 Å². The van der Waals surface area contributed by atoms with Gasteiger partial charge in [0.15, 0.2) is 0 Å². The van der Waals surface area contributed by atoms with Gasteiger partial charge in [-0.1, -0.05) is 44.2 Å². The number of nitrogens with one attached hydrogen (secondary N) is 2. The Bertz CT molecular complexity index is 1520. The molecule has 4 aromatic rings. The molecule has 2 aromatic carbocycles. The lowest BCUT2D eigenvalue weighted by atomic mass is 9.99. The van der Waals surface area contributed by atoms with Gasteiger partial charge in [-0.2, -0.15) is 0 Å². The first-order chi connectivity index (χ1) is 17.2. The summed E-state index contributed by atoms with van der Waals surface area (Å²) in [5.41, 5.74) is 2.90. The lowest BCUT2D eigenvalue weighted by Gasteiger charge is -2.18. The maximum absolute atomic E-state index is 12.7. The molecule has 36 heavy (non-hydrogen) atoms. The topological polar surface area (TPSA) is 139 Å². The lowest BCUT2D eigenvalue weighted by Crippen LogP contribution is -2.48. The molecule has 0 fully saturated rings. The number of carbonyl (C=O) groups excluding carboxylic acids is 2. The molecule has 0 aliphatic rings. The Kier molecular flexibility index (Phi) is 6.91. The van der Waals surface area contributed by atoms with Gasteiger partial charge in [0.25, 0.3) is 0 Å². The Balaban J connectivity index is 1.56. The molecule has 0 bridgehead atoms. The van der Waals surface area contributed by atoms with Crippen molar-refractivity contribution in [3.63, 3.8) is 0 Å². The Morgan fingerprint density at radius 1 is 1.00 bits per heavy atom. The number of aliphatic carboxylic acids is 1. The van der Waals surface area contributed by atoms with Gasteiger partial charge in [0.2, 0.25) is 11.8 Å². The normalized spacial score (nSPS) is 12.1. The molecular weight excluding hydrogens is 464 g/mol. The van der Waals surface area contributed by atoms with Crippen molar-refractivity contribution in [1.82, 2.24) is 10.6 Å². The van der Waals surface area contributed by atoms with Crippen molar-refractivity contribution in [3.05, 3.63) is 70.3 Å². The van der Waals surface area contributed by atoms with Crippen LogP contribution in [-0.4, -0.2) is 35.5 Å². The first kappa shape index (κ1) is 24.7. The van der Waals surface area contributed by atoms with Gasteiger partial charge in [0.05, 0.1) is 24.8 Å². The van der Waals surface area contributed by atoms with Crippen LogP contribution >= 0.6 is 0 Å². The van der Waals surface area contributed by atoms with Crippen molar-refractivity contribution in [2.24, 2.45) is 5.92 Å². The molecule has 0 spiro atoms. The average molecular weight is 491 g/mol. The summed E-state index contributed by atoms with van der Waals surface area (Å²) in [5.74, 6) is -2.68. The molecule has 0 radical (unpaired) electrons. The SMILES string of the molecule is Cc1c(CC(=O)NCC(=O)N[C@H](C(=O)O)C(C)C)c(=O)oc2cc3occ(-c4ccccc4)c3cc12. The van der Waals surface area contributed by atoms with Crippen molar-refractivity contribution in [2.45, 2.75) is 33.2 Å². The second-order valence-electron chi connectivity index (χ2n) is 8.93. The van der Waals surface area contributed by atoms with E-state index in [2.05, 4.69) is 10.6 Å². The molecular formula is C27H26N2O7. The molecule has 2 amide bonds. The number of benzene rings is 2. The quantitative estimate of drug-likeness (QED) is 0.322. The van der Waals surface area contributed by atoms with Gasteiger partial charge in [-0.15, -0.1) is 0 Å². The number of carboxylic acids is 1. The van der Waals surface area contributed by atoms with E-state index in [-0.39, 0.29) is 17.9 Å². The third-order valence-corrected chi connectivity index (χ3v) is 6.10. The molecule has 4 rings (SSSR count). The van der Waals surface area contributed by atoms with Gasteiger partial charge < -0.3 is 24.6 Å². The summed E-state index contributed by atoms with van der Waals surface area (Å²) in [5, 5.41) is 15.5. The molecule has 2 aromatic heterocycles. The fourth-order valence-corrected chi connectivity index (χ4v) is 4.10. The fourth-order valence-electron chi connectivity index (χ4n) is 4.10. The summed E-state index contributed by atoms with van der Waals surface area (Å²) in [7, 11) is 0. The van der Waals surface area contributed by atoms with Gasteiger partial charge in [-0.05, 0) is 30.0 Å². The van der Waals surface area contributed by atoms with Crippen molar-refractivity contribution < 1.29 is 28.3 Å². The monoisotopic (exact) mass is 490 g/mol. The van der Waals surface area contributed by atoms with Crippen LogP contribution in [0.4, 0.5) is 0 Å². The predicted molar refractivity (Wildman–Crippen MR) is 134 cm³/mol. The molecule has 0 aliphatic carbocycles. The minimum Gasteiger partial charge on any atom is -0.480 e. The van der Waals surface area contributed by atoms with E-state index in [0.29, 0.717) is 22.1 Å². The Morgan fingerprint density at radius 2 is 1.72 bits per heavy atom. The Morgan fingerprint density at radius 3 is 2.39 bits per heavy atom. The molecule has 0 aliphatic heterocycles. The van der Waals surface area contributed by atoms with Gasteiger partial charge in [0, 0.05) is 22.4 Å². The zero-order chi connectivity index (χ0) is 26.0. The van der Waals surface area contributed by atoms with Crippen molar-refractivity contribution >= 4 is 39.7 Å². The number of aryl methyl sites for hydroxylation is 1. The van der Waals surface area contributed by atoms with Crippen LogP contribution in [0.2, 0.25) is 0 Å². The molecule has 2 heterocycles. The molecule has 186 valence electrons. The highest BCUT2D eigenvalue weighted by Crippen LogP contribution is 2.34. The third-order valence-electron chi connectivity index (χ3n) is 6.10. The lowest BCUT2D eigenvalue weighted by molar-refractivity contribution is -0.143. The summed E-state index contributed by atoms with van der Waals surface area (Å²) in [6.45, 7) is 4.66. The molecule has 1 atom stereocenters. The molecule has 9 heteroatoms. The van der Waals surface area contributed by atoms with Crippen molar-refractivity contribution in [1.29, 1.82) is 0 Å². The van der Waals surface area contributed by atoms with Gasteiger partial charge in [-0.3, -0.25) is 9.59 Å². The van der Waals surface area contributed by atoms with Crippen LogP contribution in [0.15, 0.2) is 62.4 Å². The number of carbonyl (C=O) groups is 3. The minimum absolute atomic E-state index is 0.176. The van der Waals surface area contributed by atoms with Crippen LogP contribution in [0.5, 0.6) is 0 Å². The maximum Gasteiger partial charge on any atom is 0.340 e. The smallest absolute Gasteiger partial charge is 0.340 e. The summed E-state index contributed by atoms with van der Waals surface area (Å²) in [6, 6.07) is 12.2. The van der Waals surface area contributed by atoms with E-state index in [9.17, 15) is 24.3 Å². The summed E-state index contributed by atoms with van der Waals surface area (Å²) in [6.07, 6.45) is 1.36. The zero-order valence-corrected chi connectivity index (χ0v) is 20.1. The fraction of sp³-hybridized carbons (Fsp3) is 0.259. The molecule has 9 nitrogen and oxygen atoms in total. The van der Waals surface area contributed by atoms with E-state index in [1.165, 1.54) is 0 Å². The Labute approximate surface area is 206 Å². The summed E-state index contributed by atoms with van der Waals surface area (Å²) in [4.78, 5) is 48.5. The number of carboxylic acid groups (broad SMARTS) is 1. The van der Waals surface area contributed by atoms with Crippen LogP contribution < -0.4 is 16.3 Å². The number of amides is 2. The van der Waals surface area contributed by atoms with Crippen LogP contribution in [0.1, 0.15) is 25.0 Å². The number of rotatable bonds is 8. The second kappa shape index (κ2) is 10.1. The van der Waals surface area contributed by atoms with Crippen LogP contribution in [0, 0.1) is 12.8 Å². The number of hydrogen-bond donors (Lipinski definition) is 3. The van der Waals surface area contributed by atoms with Crippen LogP contribution in [-0.2, 0) is 20.8 Å². The number of hydrogen-bond acceptors (Lipinski definition) is 6. The third kappa shape index (κ3) is 5.00. The largest absolute Gasteiger partial charge is 0.480 e. The van der Waals surface area contributed by atoms with E-state index in [1.807, 2.05) is 36.4 Å². The average Bonchev–Trinajstić information content (AvgIpc) is 3.25. The van der Waals surface area contributed by atoms with Crippen molar-refractivity contribution in [2.75, 3.05) is 6.54 Å². The number of furan rings is 1. The highest BCUT2D eigenvalue weighted by molar-refractivity contribution is 6.02. The van der Waals surface area contributed by atoms with Gasteiger partial charge in [0.1, 0.15) is 17.2 Å². The first-order valence-electron chi connectivity index (χ1n) is 11.5. The van der Waals surface area contributed by atoms with Gasteiger partial charge in [-0.25, -0.2) is 9.59 Å². The molecule has 0 unspecified atom stereocenters. The van der Waals surface area contributed by atoms with Crippen molar-refractivity contribution in [3.8, 4) is 11.1 Å². The molecule has 0 saturated carbocycles. The van der Waals surface area contributed by atoms with E-state index in [0.717, 1.165) is 16.5 Å². The summed E-state index contributed by atoms with van der Waals surface area (Å²) < 4.78 is 11.2. The number of fused-ring (bicyclic) bond motifs is 2. The van der Waals surface area contributed by atoms with E-state index in [4.69, 9.17) is 8.83 Å².